The van der Waals surface area contributed by atoms with Crippen LogP contribution in [0.15, 0.2) is 42.5 Å². The van der Waals surface area contributed by atoms with Crippen molar-refractivity contribution in [3.05, 3.63) is 59.4 Å². The molecule has 0 fully saturated rings. The van der Waals surface area contributed by atoms with Gasteiger partial charge < -0.3 is 15.2 Å². The molecule has 2 aromatic rings. The molecule has 0 amide bonds. The number of ether oxygens (including phenoxy) is 2. The molecule has 144 valence electrons. The Morgan fingerprint density at radius 1 is 0.769 bits per heavy atom. The first-order valence-corrected chi connectivity index (χ1v) is 6.61. The first-order valence-electron chi connectivity index (χ1n) is 6.61. The van der Waals surface area contributed by atoms with Gasteiger partial charge in [-0.3, -0.25) is 0 Å². The van der Waals surface area contributed by atoms with E-state index in [2.05, 4.69) is 9.47 Å². The summed E-state index contributed by atoms with van der Waals surface area (Å²) in [5.41, 5.74) is 5.64. The normalized spacial score (nSPS) is 12.9. The van der Waals surface area contributed by atoms with Crippen LogP contribution >= 0.6 is 12.4 Å². The van der Waals surface area contributed by atoms with Gasteiger partial charge in [-0.2, -0.15) is 0 Å². The summed E-state index contributed by atoms with van der Waals surface area (Å²) in [7, 11) is 0. The van der Waals surface area contributed by atoms with Crippen LogP contribution in [0.2, 0.25) is 0 Å². The zero-order chi connectivity index (χ0) is 18.8. The lowest BCUT2D eigenvalue weighted by Crippen LogP contribution is -2.19. The molecule has 0 saturated carbocycles. The summed E-state index contributed by atoms with van der Waals surface area (Å²) in [5, 5.41) is 0. The van der Waals surface area contributed by atoms with Crippen LogP contribution in [0, 0.1) is 5.82 Å². The molecule has 0 spiro atoms. The van der Waals surface area contributed by atoms with E-state index in [0.717, 1.165) is 42.5 Å². The van der Waals surface area contributed by atoms with Crippen LogP contribution in [0.5, 0.6) is 11.5 Å². The van der Waals surface area contributed by atoms with Gasteiger partial charge in [-0.25, -0.2) is 4.39 Å². The third-order valence-corrected chi connectivity index (χ3v) is 3.01. The fourth-order valence-electron chi connectivity index (χ4n) is 2.01. The van der Waals surface area contributed by atoms with Gasteiger partial charge in [0.05, 0.1) is 6.04 Å². The molecule has 2 N–H and O–H groups in total. The van der Waals surface area contributed by atoms with Crippen molar-refractivity contribution in [2.24, 2.45) is 5.73 Å². The van der Waals surface area contributed by atoms with Gasteiger partial charge in [0.25, 0.3) is 0 Å². The predicted octanol–water partition coefficient (Wildman–Crippen LogP) is 5.09. The zero-order valence-electron chi connectivity index (χ0n) is 12.6. The van der Waals surface area contributed by atoms with Gasteiger partial charge in [0.1, 0.15) is 17.3 Å². The summed E-state index contributed by atoms with van der Waals surface area (Å²) < 4.78 is 94.2. The maximum atomic E-state index is 13.9. The van der Waals surface area contributed by atoms with Crippen molar-refractivity contribution in [1.82, 2.24) is 0 Å². The van der Waals surface area contributed by atoms with Crippen molar-refractivity contribution in [2.45, 2.75) is 18.8 Å². The molecule has 0 unspecified atom stereocenters. The Bertz CT molecular complexity index is 732. The second-order valence-electron chi connectivity index (χ2n) is 4.83. The number of hydrogen-bond donors (Lipinski definition) is 1. The van der Waals surface area contributed by atoms with Gasteiger partial charge >= 0.3 is 12.7 Å². The summed E-state index contributed by atoms with van der Waals surface area (Å²) in [6, 6.07) is 5.26. The standard InChI is InChI=1S/C15H10F7NO2.ClH/c16-12-6-5-10(25-15(20,21)22)7-11(12)13(23)8-1-3-9(4-2-8)24-14(17,18)19;/h1-7,13H,23H2;1H/t13-;/m1./s1. The van der Waals surface area contributed by atoms with Crippen LogP contribution in [0.25, 0.3) is 0 Å². The fourth-order valence-corrected chi connectivity index (χ4v) is 2.01. The van der Waals surface area contributed by atoms with E-state index in [1.165, 1.54) is 0 Å². The van der Waals surface area contributed by atoms with Gasteiger partial charge in [-0.05, 0) is 35.9 Å². The van der Waals surface area contributed by atoms with E-state index < -0.39 is 36.1 Å². The van der Waals surface area contributed by atoms with Gasteiger partial charge in [0.2, 0.25) is 0 Å². The SMILES string of the molecule is Cl.N[C@H](c1ccc(OC(F)(F)F)cc1)c1cc(OC(F)(F)F)ccc1F. The topological polar surface area (TPSA) is 44.5 Å². The second-order valence-corrected chi connectivity index (χ2v) is 4.83. The number of hydrogen-bond acceptors (Lipinski definition) is 3. The summed E-state index contributed by atoms with van der Waals surface area (Å²) in [5.74, 6) is -2.08. The Balaban J connectivity index is 0.00000338. The molecular weight excluding hydrogens is 395 g/mol. The van der Waals surface area contributed by atoms with Gasteiger partial charge in [0.15, 0.2) is 0 Å². The monoisotopic (exact) mass is 405 g/mol. The first-order chi connectivity index (χ1) is 11.4. The molecule has 0 aliphatic carbocycles. The lowest BCUT2D eigenvalue weighted by atomic mass is 9.99. The van der Waals surface area contributed by atoms with E-state index in [1.807, 2.05) is 0 Å². The highest BCUT2D eigenvalue weighted by Crippen LogP contribution is 2.30. The highest BCUT2D eigenvalue weighted by atomic mass is 35.5. The van der Waals surface area contributed by atoms with Crippen molar-refractivity contribution in [1.29, 1.82) is 0 Å². The van der Waals surface area contributed by atoms with Crippen molar-refractivity contribution >= 4 is 12.4 Å². The molecule has 0 aromatic heterocycles. The third-order valence-electron chi connectivity index (χ3n) is 3.01. The smallest absolute Gasteiger partial charge is 0.406 e. The molecule has 0 aliphatic heterocycles. The van der Waals surface area contributed by atoms with Crippen LogP contribution in [0.1, 0.15) is 17.2 Å². The van der Waals surface area contributed by atoms with Gasteiger partial charge in [0, 0.05) is 5.56 Å². The van der Waals surface area contributed by atoms with Gasteiger partial charge in [-0.15, -0.1) is 38.7 Å². The predicted molar refractivity (Wildman–Crippen MR) is 79.5 cm³/mol. The van der Waals surface area contributed by atoms with E-state index in [1.54, 1.807) is 0 Å². The minimum Gasteiger partial charge on any atom is -0.406 e. The Kier molecular flexibility index (Phi) is 6.72. The molecule has 3 nitrogen and oxygen atoms in total. The number of benzene rings is 2. The lowest BCUT2D eigenvalue weighted by Gasteiger charge is -2.16. The van der Waals surface area contributed by atoms with Crippen LogP contribution in [0.3, 0.4) is 0 Å². The van der Waals surface area contributed by atoms with Crippen molar-refractivity contribution in [3.63, 3.8) is 0 Å². The number of halogens is 8. The van der Waals surface area contributed by atoms with Crippen molar-refractivity contribution in [2.75, 3.05) is 0 Å². The first kappa shape index (κ1) is 21.8. The van der Waals surface area contributed by atoms with E-state index >= 15 is 0 Å². The minimum atomic E-state index is -4.96. The van der Waals surface area contributed by atoms with Gasteiger partial charge in [-0.1, -0.05) is 12.1 Å². The van der Waals surface area contributed by atoms with Crippen molar-refractivity contribution in [3.8, 4) is 11.5 Å². The lowest BCUT2D eigenvalue weighted by molar-refractivity contribution is -0.275. The summed E-state index contributed by atoms with van der Waals surface area (Å²) in [6.45, 7) is 0. The highest BCUT2D eigenvalue weighted by molar-refractivity contribution is 5.85. The van der Waals surface area contributed by atoms with E-state index in [4.69, 9.17) is 5.73 Å². The average Bonchev–Trinajstić information content (AvgIpc) is 2.46. The third kappa shape index (κ3) is 6.26. The maximum Gasteiger partial charge on any atom is 0.573 e. The Morgan fingerprint density at radius 2 is 1.23 bits per heavy atom. The van der Waals surface area contributed by atoms with E-state index in [9.17, 15) is 30.7 Å². The maximum absolute atomic E-state index is 13.9. The molecule has 0 heterocycles. The molecule has 2 aromatic carbocycles. The summed E-state index contributed by atoms with van der Waals surface area (Å²) >= 11 is 0. The van der Waals surface area contributed by atoms with Crippen molar-refractivity contribution < 1.29 is 40.2 Å². The zero-order valence-corrected chi connectivity index (χ0v) is 13.4. The molecular formula is C15H11ClF7NO2. The molecule has 1 atom stereocenters. The van der Waals surface area contributed by atoms with E-state index in [0.29, 0.717) is 0 Å². The minimum absolute atomic E-state index is 0. The molecule has 26 heavy (non-hydrogen) atoms. The summed E-state index contributed by atoms with van der Waals surface area (Å²) in [4.78, 5) is 0. The number of alkyl halides is 6. The fraction of sp³-hybridized carbons (Fsp3) is 0.200. The largest absolute Gasteiger partial charge is 0.573 e. The Morgan fingerprint density at radius 3 is 1.73 bits per heavy atom. The van der Waals surface area contributed by atoms with E-state index in [-0.39, 0.29) is 23.5 Å². The number of rotatable bonds is 4. The Labute approximate surface area is 148 Å². The number of nitrogens with two attached hydrogens (primary N) is 1. The molecule has 11 heteroatoms. The van der Waals surface area contributed by atoms with Crippen LogP contribution in [-0.4, -0.2) is 12.7 Å². The highest BCUT2D eigenvalue weighted by Gasteiger charge is 2.32. The average molecular weight is 406 g/mol. The second kappa shape index (κ2) is 8.00. The molecule has 0 radical (unpaired) electrons. The van der Waals surface area contributed by atoms with Crippen LogP contribution in [-0.2, 0) is 0 Å². The summed E-state index contributed by atoms with van der Waals surface area (Å²) in [6.07, 6.45) is -9.84. The quantitative estimate of drug-likeness (QED) is 0.720. The molecule has 2 rings (SSSR count). The van der Waals surface area contributed by atoms with Crippen LogP contribution in [0.4, 0.5) is 30.7 Å². The molecule has 0 bridgehead atoms. The molecule has 0 saturated heterocycles. The van der Waals surface area contributed by atoms with Crippen LogP contribution < -0.4 is 15.2 Å². The Hall–Kier alpha value is -2.20. The molecule has 0 aliphatic rings.